The van der Waals surface area contributed by atoms with Gasteiger partial charge in [-0.2, -0.15) is 0 Å². The van der Waals surface area contributed by atoms with Gasteiger partial charge in [0.2, 0.25) is 0 Å². The Hall–Kier alpha value is -2.78. The number of anilines is 1. The standard InChI is InChI=1S/C23H25NO7/c1-3-28-21(26)14-9-11-16(12-10-14)24-18-19(25)20-17(30-23(18)27-2)13-29-22(31-20)15-7-5-4-6-8-15/h4-12,17-18,20,22-24H,3,13H2,1-2H3/t17-,18-,20-,22?,23+/m1/s1. The van der Waals surface area contributed by atoms with E-state index in [0.29, 0.717) is 17.9 Å². The number of carbonyl (C=O) groups is 2. The van der Waals surface area contributed by atoms with Crippen molar-refractivity contribution in [2.75, 3.05) is 25.6 Å². The highest BCUT2D eigenvalue weighted by Crippen LogP contribution is 2.33. The van der Waals surface area contributed by atoms with Gasteiger partial charge in [-0.15, -0.1) is 0 Å². The van der Waals surface area contributed by atoms with Crippen LogP contribution in [0.2, 0.25) is 0 Å². The molecular formula is C23H25NO7. The molecule has 0 spiro atoms. The lowest BCUT2D eigenvalue weighted by molar-refractivity contribution is -0.300. The SMILES string of the molecule is CCOC(=O)c1ccc(N[C@@H]2C(=O)[C@@H]3OC(c4ccccc4)OC[C@H]3O[C@@H]2OC)cc1. The molecule has 2 aliphatic heterocycles. The quantitative estimate of drug-likeness (QED) is 0.704. The highest BCUT2D eigenvalue weighted by molar-refractivity contribution is 5.93. The van der Waals surface area contributed by atoms with Gasteiger partial charge < -0.3 is 29.0 Å². The highest BCUT2D eigenvalue weighted by Gasteiger charge is 2.49. The van der Waals surface area contributed by atoms with Gasteiger partial charge in [0, 0.05) is 18.4 Å². The van der Waals surface area contributed by atoms with Gasteiger partial charge in [-0.1, -0.05) is 30.3 Å². The maximum absolute atomic E-state index is 13.3. The topological polar surface area (TPSA) is 92.3 Å². The summed E-state index contributed by atoms with van der Waals surface area (Å²) in [6.45, 7) is 2.27. The van der Waals surface area contributed by atoms with E-state index in [1.54, 1.807) is 31.2 Å². The summed E-state index contributed by atoms with van der Waals surface area (Å²) in [5, 5.41) is 3.14. The van der Waals surface area contributed by atoms with Crippen LogP contribution in [-0.2, 0) is 28.5 Å². The summed E-state index contributed by atoms with van der Waals surface area (Å²) >= 11 is 0. The monoisotopic (exact) mass is 427 g/mol. The molecule has 2 aliphatic rings. The fourth-order valence-electron chi connectivity index (χ4n) is 3.66. The lowest BCUT2D eigenvalue weighted by Gasteiger charge is -2.43. The van der Waals surface area contributed by atoms with Gasteiger partial charge in [0.15, 0.2) is 18.4 Å². The number of carbonyl (C=O) groups excluding carboxylic acids is 2. The lowest BCUT2D eigenvalue weighted by atomic mass is 9.97. The van der Waals surface area contributed by atoms with E-state index in [4.69, 9.17) is 23.7 Å². The van der Waals surface area contributed by atoms with Gasteiger partial charge in [-0.25, -0.2) is 4.79 Å². The summed E-state index contributed by atoms with van der Waals surface area (Å²) in [6, 6.07) is 15.3. The van der Waals surface area contributed by atoms with Crippen molar-refractivity contribution in [3.05, 3.63) is 65.7 Å². The summed E-state index contributed by atoms with van der Waals surface area (Å²) in [7, 11) is 1.48. The van der Waals surface area contributed by atoms with E-state index in [-0.39, 0.29) is 12.4 Å². The number of benzene rings is 2. The number of methoxy groups -OCH3 is 1. The van der Waals surface area contributed by atoms with Gasteiger partial charge >= 0.3 is 5.97 Å². The van der Waals surface area contributed by atoms with E-state index >= 15 is 0 Å². The van der Waals surface area contributed by atoms with Crippen molar-refractivity contribution in [1.82, 2.24) is 0 Å². The number of hydrogen-bond acceptors (Lipinski definition) is 8. The number of Topliss-reactive ketones (excluding diaryl/α,β-unsaturated/α-hetero) is 1. The average Bonchev–Trinajstić information content (AvgIpc) is 2.81. The molecule has 2 heterocycles. The predicted octanol–water partition coefficient (Wildman–Crippen LogP) is 2.70. The zero-order valence-electron chi connectivity index (χ0n) is 17.4. The Balaban J connectivity index is 1.48. The fourth-order valence-corrected chi connectivity index (χ4v) is 3.66. The molecule has 1 unspecified atom stereocenters. The molecule has 5 atom stereocenters. The van der Waals surface area contributed by atoms with Crippen molar-refractivity contribution >= 4 is 17.4 Å². The molecule has 4 rings (SSSR count). The summed E-state index contributed by atoms with van der Waals surface area (Å²) in [4.78, 5) is 25.1. The number of esters is 1. The second kappa shape index (κ2) is 9.57. The van der Waals surface area contributed by atoms with Crippen molar-refractivity contribution in [2.24, 2.45) is 0 Å². The molecule has 2 aromatic carbocycles. The minimum absolute atomic E-state index is 0.179. The summed E-state index contributed by atoms with van der Waals surface area (Å²) in [5.74, 6) is -0.576. The fraction of sp³-hybridized carbons (Fsp3) is 0.391. The Bertz CT molecular complexity index is 902. The molecule has 2 aromatic rings. The minimum Gasteiger partial charge on any atom is -0.462 e. The molecule has 164 valence electrons. The largest absolute Gasteiger partial charge is 0.462 e. The van der Waals surface area contributed by atoms with Crippen LogP contribution in [0.4, 0.5) is 5.69 Å². The highest BCUT2D eigenvalue weighted by atomic mass is 16.7. The lowest BCUT2D eigenvalue weighted by Crippen LogP contribution is -2.62. The van der Waals surface area contributed by atoms with Crippen LogP contribution >= 0.6 is 0 Å². The third-order valence-electron chi connectivity index (χ3n) is 5.21. The molecule has 0 aliphatic carbocycles. The zero-order chi connectivity index (χ0) is 21.8. The number of ether oxygens (including phenoxy) is 5. The first-order valence-electron chi connectivity index (χ1n) is 10.2. The molecule has 0 saturated carbocycles. The third kappa shape index (κ3) is 4.62. The average molecular weight is 427 g/mol. The molecule has 1 N–H and O–H groups in total. The summed E-state index contributed by atoms with van der Waals surface area (Å²) in [5.41, 5.74) is 1.91. The van der Waals surface area contributed by atoms with Crippen molar-refractivity contribution in [3.63, 3.8) is 0 Å². The molecule has 8 nitrogen and oxygen atoms in total. The number of rotatable bonds is 6. The van der Waals surface area contributed by atoms with E-state index in [2.05, 4.69) is 5.32 Å². The Kier molecular flexibility index (Phi) is 6.62. The molecule has 0 radical (unpaired) electrons. The van der Waals surface area contributed by atoms with Gasteiger partial charge in [0.25, 0.3) is 0 Å². The van der Waals surface area contributed by atoms with Crippen molar-refractivity contribution in [3.8, 4) is 0 Å². The van der Waals surface area contributed by atoms with E-state index < -0.39 is 36.8 Å². The number of fused-ring (bicyclic) bond motifs is 1. The predicted molar refractivity (Wildman–Crippen MR) is 110 cm³/mol. The van der Waals surface area contributed by atoms with Crippen molar-refractivity contribution in [2.45, 2.75) is 37.8 Å². The Morgan fingerprint density at radius 2 is 1.84 bits per heavy atom. The Morgan fingerprint density at radius 1 is 1.10 bits per heavy atom. The van der Waals surface area contributed by atoms with Crippen LogP contribution in [0.15, 0.2) is 54.6 Å². The van der Waals surface area contributed by atoms with Gasteiger partial charge in [0.1, 0.15) is 18.2 Å². The maximum atomic E-state index is 13.3. The normalized spacial score (nSPS) is 27.9. The van der Waals surface area contributed by atoms with Crippen LogP contribution in [0.5, 0.6) is 0 Å². The summed E-state index contributed by atoms with van der Waals surface area (Å²) in [6.07, 6.45) is -2.79. The molecule has 8 heteroatoms. The maximum Gasteiger partial charge on any atom is 0.338 e. The Morgan fingerprint density at radius 3 is 2.52 bits per heavy atom. The smallest absolute Gasteiger partial charge is 0.338 e. The van der Waals surface area contributed by atoms with Gasteiger partial charge in [-0.05, 0) is 31.2 Å². The van der Waals surface area contributed by atoms with Crippen LogP contribution < -0.4 is 5.32 Å². The third-order valence-corrected chi connectivity index (χ3v) is 5.21. The molecular weight excluding hydrogens is 402 g/mol. The van der Waals surface area contributed by atoms with E-state index in [9.17, 15) is 9.59 Å². The van der Waals surface area contributed by atoms with E-state index in [1.807, 2.05) is 30.3 Å². The van der Waals surface area contributed by atoms with E-state index in [0.717, 1.165) is 5.56 Å². The second-order valence-corrected chi connectivity index (χ2v) is 7.23. The summed E-state index contributed by atoms with van der Waals surface area (Å²) < 4.78 is 28.1. The molecule has 0 amide bonds. The molecule has 2 fully saturated rings. The minimum atomic E-state index is -0.807. The van der Waals surface area contributed by atoms with Crippen LogP contribution in [0.25, 0.3) is 0 Å². The Labute approximate surface area is 180 Å². The first-order valence-corrected chi connectivity index (χ1v) is 10.2. The van der Waals surface area contributed by atoms with Gasteiger partial charge in [0.05, 0.1) is 18.8 Å². The number of hydrogen-bond donors (Lipinski definition) is 1. The molecule has 2 saturated heterocycles. The van der Waals surface area contributed by atoms with Gasteiger partial charge in [-0.3, -0.25) is 4.79 Å². The molecule has 0 bridgehead atoms. The van der Waals surface area contributed by atoms with Crippen molar-refractivity contribution in [1.29, 1.82) is 0 Å². The first-order chi connectivity index (χ1) is 15.1. The van der Waals surface area contributed by atoms with Crippen LogP contribution in [0, 0.1) is 0 Å². The number of nitrogens with one attached hydrogen (secondary N) is 1. The van der Waals surface area contributed by atoms with Crippen LogP contribution in [0.1, 0.15) is 29.1 Å². The molecule has 31 heavy (non-hydrogen) atoms. The van der Waals surface area contributed by atoms with Crippen LogP contribution in [-0.4, -0.2) is 56.6 Å². The van der Waals surface area contributed by atoms with Crippen molar-refractivity contribution < 1.29 is 33.3 Å². The first kappa shape index (κ1) is 21.5. The van der Waals surface area contributed by atoms with Crippen LogP contribution in [0.3, 0.4) is 0 Å². The zero-order valence-corrected chi connectivity index (χ0v) is 17.4. The second-order valence-electron chi connectivity index (χ2n) is 7.23. The number of ketones is 1. The molecule has 0 aromatic heterocycles. The van der Waals surface area contributed by atoms with E-state index in [1.165, 1.54) is 7.11 Å².